The van der Waals surface area contributed by atoms with E-state index < -0.39 is 0 Å². The van der Waals surface area contributed by atoms with Crippen LogP contribution in [0.25, 0.3) is 5.69 Å². The average molecular weight is 298 g/mol. The summed E-state index contributed by atoms with van der Waals surface area (Å²) in [5.74, 6) is 0.138. The first-order chi connectivity index (χ1) is 10.8. The normalized spacial score (nSPS) is 24.3. The first-order valence-electron chi connectivity index (χ1n) is 7.70. The Morgan fingerprint density at radius 3 is 2.73 bits per heavy atom. The number of carbonyl (C=O) groups excluding carboxylic acids is 1. The number of hydrogen-bond acceptors (Lipinski definition) is 5. The Morgan fingerprint density at radius 1 is 1.14 bits per heavy atom. The molecule has 2 aliphatic rings. The average Bonchev–Trinajstić information content (AvgIpc) is 3.14. The molecule has 2 unspecified atom stereocenters. The maximum absolute atomic E-state index is 12.9. The summed E-state index contributed by atoms with van der Waals surface area (Å²) < 4.78 is 1.58. The van der Waals surface area contributed by atoms with Gasteiger partial charge in [-0.05, 0) is 60.5 Å². The molecule has 2 bridgehead atoms. The summed E-state index contributed by atoms with van der Waals surface area (Å²) in [6.45, 7) is 1.91. The number of aromatic nitrogens is 4. The van der Waals surface area contributed by atoms with Crippen molar-refractivity contribution < 1.29 is 4.79 Å². The molecule has 1 amide bonds. The van der Waals surface area contributed by atoms with E-state index in [-0.39, 0.29) is 5.91 Å². The van der Waals surface area contributed by atoms with Gasteiger partial charge < -0.3 is 10.2 Å². The predicted molar refractivity (Wildman–Crippen MR) is 79.6 cm³/mol. The zero-order chi connectivity index (χ0) is 14.9. The van der Waals surface area contributed by atoms with Crippen molar-refractivity contribution >= 4 is 5.91 Å². The second-order valence-electron chi connectivity index (χ2n) is 5.89. The van der Waals surface area contributed by atoms with Gasteiger partial charge >= 0.3 is 0 Å². The lowest BCUT2D eigenvalue weighted by Gasteiger charge is -2.28. The summed E-state index contributed by atoms with van der Waals surface area (Å²) in [7, 11) is 0. The molecule has 1 aromatic carbocycles. The molecule has 2 aromatic rings. The highest BCUT2D eigenvalue weighted by atomic mass is 16.2. The Labute approximate surface area is 128 Å². The van der Waals surface area contributed by atoms with E-state index in [4.69, 9.17) is 0 Å². The predicted octanol–water partition coefficient (Wildman–Crippen LogP) is 0.629. The maximum Gasteiger partial charge on any atom is 0.254 e. The molecule has 0 saturated carbocycles. The van der Waals surface area contributed by atoms with Crippen LogP contribution in [0.5, 0.6) is 0 Å². The van der Waals surface area contributed by atoms with Crippen molar-refractivity contribution in [2.45, 2.75) is 31.3 Å². The fourth-order valence-electron chi connectivity index (χ4n) is 3.50. The molecule has 2 saturated heterocycles. The van der Waals surface area contributed by atoms with E-state index in [0.29, 0.717) is 12.1 Å². The van der Waals surface area contributed by atoms with E-state index in [1.807, 2.05) is 24.3 Å². The van der Waals surface area contributed by atoms with Crippen LogP contribution in [0.3, 0.4) is 0 Å². The summed E-state index contributed by atoms with van der Waals surface area (Å²) in [6.07, 6.45) is 4.81. The Hall–Kier alpha value is -2.28. The summed E-state index contributed by atoms with van der Waals surface area (Å²) in [5, 5.41) is 14.5. The van der Waals surface area contributed by atoms with Crippen LogP contribution in [-0.2, 0) is 0 Å². The molecule has 3 heterocycles. The molecule has 0 aliphatic carbocycles. The monoisotopic (exact) mass is 298 g/mol. The molecule has 2 fully saturated rings. The van der Waals surface area contributed by atoms with Gasteiger partial charge in [0.25, 0.3) is 5.91 Å². The van der Waals surface area contributed by atoms with Crippen molar-refractivity contribution in [1.29, 1.82) is 0 Å². The van der Waals surface area contributed by atoms with Crippen LogP contribution in [-0.4, -0.2) is 56.2 Å². The third-order valence-corrected chi connectivity index (χ3v) is 4.62. The quantitative estimate of drug-likeness (QED) is 0.880. The van der Waals surface area contributed by atoms with Crippen LogP contribution >= 0.6 is 0 Å². The van der Waals surface area contributed by atoms with Crippen molar-refractivity contribution in [3.63, 3.8) is 0 Å². The highest BCUT2D eigenvalue weighted by Gasteiger charge is 2.38. The Morgan fingerprint density at radius 2 is 1.95 bits per heavy atom. The van der Waals surface area contributed by atoms with Gasteiger partial charge in [-0.2, -0.15) is 0 Å². The number of fused-ring (bicyclic) bond motifs is 2. The molecule has 2 atom stereocenters. The van der Waals surface area contributed by atoms with Gasteiger partial charge in [0.15, 0.2) is 0 Å². The number of hydrogen-bond donors (Lipinski definition) is 1. The number of benzene rings is 1. The number of carbonyl (C=O) groups is 1. The van der Waals surface area contributed by atoms with Gasteiger partial charge in [-0.3, -0.25) is 4.79 Å². The van der Waals surface area contributed by atoms with E-state index in [1.54, 1.807) is 4.68 Å². The van der Waals surface area contributed by atoms with Gasteiger partial charge in [0.1, 0.15) is 6.33 Å². The van der Waals surface area contributed by atoms with Crippen molar-refractivity contribution in [1.82, 2.24) is 30.4 Å². The van der Waals surface area contributed by atoms with Gasteiger partial charge in [0.2, 0.25) is 0 Å². The summed E-state index contributed by atoms with van der Waals surface area (Å²) in [4.78, 5) is 15.0. The fourth-order valence-corrected chi connectivity index (χ4v) is 3.50. The molecule has 0 radical (unpaired) electrons. The van der Waals surface area contributed by atoms with Crippen molar-refractivity contribution in [2.24, 2.45) is 0 Å². The summed E-state index contributed by atoms with van der Waals surface area (Å²) >= 11 is 0. The molecule has 22 heavy (non-hydrogen) atoms. The van der Waals surface area contributed by atoms with Crippen LogP contribution in [0, 0.1) is 0 Å². The van der Waals surface area contributed by atoms with Crippen LogP contribution in [0.15, 0.2) is 30.6 Å². The number of tetrazole rings is 1. The van der Waals surface area contributed by atoms with Crippen molar-refractivity contribution in [3.8, 4) is 5.69 Å². The first kappa shape index (κ1) is 13.4. The van der Waals surface area contributed by atoms with Crippen LogP contribution in [0.4, 0.5) is 0 Å². The third kappa shape index (κ3) is 2.27. The smallest absolute Gasteiger partial charge is 0.254 e. The first-order valence-corrected chi connectivity index (χ1v) is 7.70. The van der Waals surface area contributed by atoms with Gasteiger partial charge in [-0.15, -0.1) is 5.10 Å². The Bertz CT molecular complexity index is 639. The minimum Gasteiger partial charge on any atom is -0.331 e. The standard InChI is InChI=1S/C15H18N6O/c22-15(21-13-5-6-14(21)9-16-8-7-13)11-1-3-12(4-2-11)20-10-17-18-19-20/h1-4,10,13-14,16H,5-9H2. The SMILES string of the molecule is O=C(c1ccc(-n2cnnn2)cc1)N1C2CCNCC1CC2. The minimum atomic E-state index is 0.138. The van der Waals surface area contributed by atoms with Crippen LogP contribution < -0.4 is 5.32 Å². The topological polar surface area (TPSA) is 75.9 Å². The highest BCUT2D eigenvalue weighted by molar-refractivity contribution is 5.95. The summed E-state index contributed by atoms with van der Waals surface area (Å²) in [5.41, 5.74) is 1.58. The number of amides is 1. The van der Waals surface area contributed by atoms with Crippen molar-refractivity contribution in [2.75, 3.05) is 13.1 Å². The lowest BCUT2D eigenvalue weighted by molar-refractivity contribution is 0.0680. The Balaban J connectivity index is 1.57. The molecule has 4 rings (SSSR count). The minimum absolute atomic E-state index is 0.138. The van der Waals surface area contributed by atoms with Gasteiger partial charge in [0, 0.05) is 24.2 Å². The van der Waals surface area contributed by atoms with Gasteiger partial charge in [-0.25, -0.2) is 4.68 Å². The fraction of sp³-hybridized carbons (Fsp3) is 0.467. The van der Waals surface area contributed by atoms with E-state index >= 15 is 0 Å². The molecule has 1 aromatic heterocycles. The number of rotatable bonds is 2. The van der Waals surface area contributed by atoms with E-state index in [0.717, 1.165) is 43.6 Å². The lowest BCUT2D eigenvalue weighted by Crippen LogP contribution is -2.42. The zero-order valence-corrected chi connectivity index (χ0v) is 12.2. The third-order valence-electron chi connectivity index (χ3n) is 4.62. The van der Waals surface area contributed by atoms with Crippen molar-refractivity contribution in [3.05, 3.63) is 36.2 Å². The highest BCUT2D eigenvalue weighted by Crippen LogP contribution is 2.29. The van der Waals surface area contributed by atoms with E-state index in [1.165, 1.54) is 6.33 Å². The molecule has 1 N–H and O–H groups in total. The maximum atomic E-state index is 12.9. The molecule has 7 heteroatoms. The molecule has 2 aliphatic heterocycles. The van der Waals surface area contributed by atoms with Gasteiger partial charge in [-0.1, -0.05) is 0 Å². The van der Waals surface area contributed by atoms with Crippen LogP contribution in [0.2, 0.25) is 0 Å². The lowest BCUT2D eigenvalue weighted by atomic mass is 10.1. The number of nitrogens with zero attached hydrogens (tertiary/aromatic N) is 5. The second kappa shape index (κ2) is 5.49. The van der Waals surface area contributed by atoms with Crippen LogP contribution in [0.1, 0.15) is 29.6 Å². The zero-order valence-electron chi connectivity index (χ0n) is 12.2. The Kier molecular flexibility index (Phi) is 3.34. The van der Waals surface area contributed by atoms with Gasteiger partial charge in [0.05, 0.1) is 5.69 Å². The molecule has 114 valence electrons. The van der Waals surface area contributed by atoms with E-state index in [9.17, 15) is 4.79 Å². The van der Waals surface area contributed by atoms with E-state index in [2.05, 4.69) is 25.7 Å². The summed E-state index contributed by atoms with van der Waals surface area (Å²) in [6, 6.07) is 8.18. The molecule has 7 nitrogen and oxygen atoms in total. The molecular formula is C15H18N6O. The molecular weight excluding hydrogens is 280 g/mol. The second-order valence-corrected chi connectivity index (χ2v) is 5.89. The number of nitrogens with one attached hydrogen (secondary N) is 1. The molecule has 0 spiro atoms. The largest absolute Gasteiger partial charge is 0.331 e.